The van der Waals surface area contributed by atoms with Crippen molar-refractivity contribution in [2.24, 2.45) is 5.92 Å². The maximum absolute atomic E-state index is 5.50. The van der Waals surface area contributed by atoms with Gasteiger partial charge in [0, 0.05) is 12.6 Å². The average molecular weight is 155 g/mol. The van der Waals surface area contributed by atoms with Crippen molar-refractivity contribution in [2.45, 2.75) is 31.7 Å². The summed E-state index contributed by atoms with van der Waals surface area (Å²) in [7, 11) is 0. The van der Waals surface area contributed by atoms with E-state index in [1.165, 1.54) is 25.7 Å². The van der Waals surface area contributed by atoms with Gasteiger partial charge >= 0.3 is 0 Å². The second-order valence-electron chi connectivity index (χ2n) is 3.68. The fraction of sp³-hybridized carbons (Fsp3) is 1.00. The predicted octanol–water partition coefficient (Wildman–Crippen LogP) is 1.17. The maximum Gasteiger partial charge on any atom is 0.0591 e. The quantitative estimate of drug-likeness (QED) is 0.567. The van der Waals surface area contributed by atoms with Crippen LogP contribution in [0.4, 0.5) is 0 Å². The topological polar surface area (TPSA) is 21.3 Å². The predicted molar refractivity (Wildman–Crippen MR) is 44.6 cm³/mol. The molecule has 0 bridgehead atoms. The molecule has 64 valence electrons. The molecule has 2 rings (SSSR count). The van der Waals surface area contributed by atoms with Crippen LogP contribution in [0.2, 0.25) is 0 Å². The van der Waals surface area contributed by atoms with Crippen LogP contribution in [-0.2, 0) is 4.74 Å². The number of ether oxygens (including phenoxy) is 1. The Balaban J connectivity index is 1.93. The van der Waals surface area contributed by atoms with Crippen LogP contribution < -0.4 is 5.32 Å². The number of hydrogen-bond acceptors (Lipinski definition) is 2. The van der Waals surface area contributed by atoms with Crippen molar-refractivity contribution in [2.75, 3.05) is 19.8 Å². The fourth-order valence-corrected chi connectivity index (χ4v) is 2.23. The van der Waals surface area contributed by atoms with E-state index in [0.29, 0.717) is 0 Å². The number of hydrogen-bond donors (Lipinski definition) is 1. The molecule has 0 spiro atoms. The fourth-order valence-electron chi connectivity index (χ4n) is 2.23. The van der Waals surface area contributed by atoms with E-state index >= 15 is 0 Å². The lowest BCUT2D eigenvalue weighted by Gasteiger charge is -2.29. The van der Waals surface area contributed by atoms with Crippen LogP contribution in [0.5, 0.6) is 0 Å². The molecule has 1 saturated carbocycles. The Kier molecular flexibility index (Phi) is 2.44. The van der Waals surface area contributed by atoms with Gasteiger partial charge < -0.3 is 10.1 Å². The first-order valence-electron chi connectivity index (χ1n) is 4.78. The monoisotopic (exact) mass is 155 g/mol. The van der Waals surface area contributed by atoms with Crippen LogP contribution in [0.15, 0.2) is 0 Å². The standard InChI is InChI=1S/C9H17NO/c1-2-4-9-8(3-1)7-11-6-5-10-9/h8-10H,1-7H2/t8-,9+/m0/s1. The van der Waals surface area contributed by atoms with E-state index in [1.807, 2.05) is 0 Å². The summed E-state index contributed by atoms with van der Waals surface area (Å²) in [5, 5.41) is 3.56. The molecule has 1 saturated heterocycles. The molecule has 2 nitrogen and oxygen atoms in total. The Hall–Kier alpha value is -0.0800. The summed E-state index contributed by atoms with van der Waals surface area (Å²) in [6.07, 6.45) is 5.56. The van der Waals surface area contributed by atoms with Gasteiger partial charge in [0.25, 0.3) is 0 Å². The van der Waals surface area contributed by atoms with Crippen molar-refractivity contribution in [3.05, 3.63) is 0 Å². The first kappa shape index (κ1) is 7.56. The molecule has 0 amide bonds. The van der Waals surface area contributed by atoms with Crippen molar-refractivity contribution in [3.8, 4) is 0 Å². The van der Waals surface area contributed by atoms with Crippen LogP contribution in [0.3, 0.4) is 0 Å². The molecule has 0 aromatic carbocycles. The number of fused-ring (bicyclic) bond motifs is 1. The molecule has 1 aliphatic carbocycles. The van der Waals surface area contributed by atoms with Gasteiger partial charge in [0.15, 0.2) is 0 Å². The van der Waals surface area contributed by atoms with Crippen molar-refractivity contribution in [3.63, 3.8) is 0 Å². The smallest absolute Gasteiger partial charge is 0.0591 e. The second-order valence-corrected chi connectivity index (χ2v) is 3.68. The van der Waals surface area contributed by atoms with E-state index < -0.39 is 0 Å². The van der Waals surface area contributed by atoms with E-state index in [9.17, 15) is 0 Å². The number of nitrogens with one attached hydrogen (secondary N) is 1. The molecule has 2 heteroatoms. The third-order valence-electron chi connectivity index (χ3n) is 2.89. The van der Waals surface area contributed by atoms with Crippen LogP contribution in [0, 0.1) is 5.92 Å². The van der Waals surface area contributed by atoms with Crippen molar-refractivity contribution in [1.29, 1.82) is 0 Å². The van der Waals surface area contributed by atoms with Crippen LogP contribution in [0.1, 0.15) is 25.7 Å². The third-order valence-corrected chi connectivity index (χ3v) is 2.89. The molecule has 0 unspecified atom stereocenters. The molecular formula is C9H17NO. The Bertz CT molecular complexity index is 113. The molecule has 0 aromatic rings. The van der Waals surface area contributed by atoms with E-state index in [-0.39, 0.29) is 0 Å². The molecule has 2 fully saturated rings. The molecule has 11 heavy (non-hydrogen) atoms. The molecule has 1 aliphatic heterocycles. The number of rotatable bonds is 0. The summed E-state index contributed by atoms with van der Waals surface area (Å²) < 4.78 is 5.50. The van der Waals surface area contributed by atoms with Crippen LogP contribution in [-0.4, -0.2) is 25.8 Å². The molecular weight excluding hydrogens is 138 g/mol. The Labute approximate surface area is 68.3 Å². The zero-order valence-electron chi connectivity index (χ0n) is 7.01. The van der Waals surface area contributed by atoms with E-state index in [4.69, 9.17) is 4.74 Å². The minimum Gasteiger partial charge on any atom is -0.380 e. The summed E-state index contributed by atoms with van der Waals surface area (Å²) in [5.74, 6) is 0.811. The molecule has 1 N–H and O–H groups in total. The first-order valence-corrected chi connectivity index (χ1v) is 4.78. The van der Waals surface area contributed by atoms with E-state index in [2.05, 4.69) is 5.32 Å². The minimum atomic E-state index is 0.770. The van der Waals surface area contributed by atoms with Crippen molar-refractivity contribution in [1.82, 2.24) is 5.32 Å². The van der Waals surface area contributed by atoms with Gasteiger partial charge in [-0.15, -0.1) is 0 Å². The third kappa shape index (κ3) is 1.74. The van der Waals surface area contributed by atoms with Crippen molar-refractivity contribution < 1.29 is 4.74 Å². The van der Waals surface area contributed by atoms with Gasteiger partial charge in [-0.3, -0.25) is 0 Å². The van der Waals surface area contributed by atoms with Crippen molar-refractivity contribution >= 4 is 0 Å². The minimum absolute atomic E-state index is 0.770. The first-order chi connectivity index (χ1) is 5.47. The molecule has 1 heterocycles. The Morgan fingerprint density at radius 1 is 1.18 bits per heavy atom. The van der Waals surface area contributed by atoms with Gasteiger partial charge in [-0.2, -0.15) is 0 Å². The van der Waals surface area contributed by atoms with Crippen LogP contribution >= 0.6 is 0 Å². The summed E-state index contributed by atoms with van der Waals surface area (Å²) in [6.45, 7) is 2.96. The lowest BCUT2D eigenvalue weighted by Crippen LogP contribution is -2.38. The maximum atomic E-state index is 5.50. The second kappa shape index (κ2) is 3.55. The highest BCUT2D eigenvalue weighted by molar-refractivity contribution is 4.82. The van der Waals surface area contributed by atoms with Gasteiger partial charge in [-0.05, 0) is 18.8 Å². The zero-order chi connectivity index (χ0) is 7.52. The molecule has 2 aliphatic rings. The van der Waals surface area contributed by atoms with Gasteiger partial charge in [-0.1, -0.05) is 12.8 Å². The lowest BCUT2D eigenvalue weighted by atomic mass is 9.85. The highest BCUT2D eigenvalue weighted by Crippen LogP contribution is 2.25. The Morgan fingerprint density at radius 2 is 2.09 bits per heavy atom. The molecule has 0 aromatic heterocycles. The largest absolute Gasteiger partial charge is 0.380 e. The zero-order valence-corrected chi connectivity index (χ0v) is 7.01. The summed E-state index contributed by atoms with van der Waals surface area (Å²) in [4.78, 5) is 0. The Morgan fingerprint density at radius 3 is 3.09 bits per heavy atom. The SMILES string of the molecule is C1CC[C@H]2NCCOC[C@@H]2C1. The lowest BCUT2D eigenvalue weighted by molar-refractivity contribution is 0.104. The average Bonchev–Trinajstić information content (AvgIpc) is 2.28. The molecule has 0 radical (unpaired) electrons. The summed E-state index contributed by atoms with van der Waals surface area (Å²) in [6, 6.07) is 0.770. The van der Waals surface area contributed by atoms with Crippen LogP contribution in [0.25, 0.3) is 0 Å². The van der Waals surface area contributed by atoms with Gasteiger partial charge in [-0.25, -0.2) is 0 Å². The van der Waals surface area contributed by atoms with Gasteiger partial charge in [0.05, 0.1) is 13.2 Å². The van der Waals surface area contributed by atoms with Gasteiger partial charge in [0.2, 0.25) is 0 Å². The summed E-state index contributed by atoms with van der Waals surface area (Å²) in [5.41, 5.74) is 0. The highest BCUT2D eigenvalue weighted by Gasteiger charge is 2.26. The van der Waals surface area contributed by atoms with Gasteiger partial charge in [0.1, 0.15) is 0 Å². The highest BCUT2D eigenvalue weighted by atomic mass is 16.5. The van der Waals surface area contributed by atoms with E-state index in [1.54, 1.807) is 0 Å². The molecule has 2 atom stereocenters. The normalized spacial score (nSPS) is 39.3. The van der Waals surface area contributed by atoms with E-state index in [0.717, 1.165) is 31.7 Å². The summed E-state index contributed by atoms with van der Waals surface area (Å²) >= 11 is 0.